The third-order valence-electron chi connectivity index (χ3n) is 2.92. The van der Waals surface area contributed by atoms with Crippen molar-refractivity contribution in [1.82, 2.24) is 14.8 Å². The van der Waals surface area contributed by atoms with Crippen molar-refractivity contribution in [3.8, 4) is 0 Å². The van der Waals surface area contributed by atoms with Crippen LogP contribution in [-0.2, 0) is 24.3 Å². The molecule has 2 heterocycles. The monoisotopic (exact) mass is 290 g/mol. The van der Waals surface area contributed by atoms with Gasteiger partial charge in [-0.15, -0.1) is 0 Å². The second-order valence-corrected chi connectivity index (χ2v) is 5.98. The van der Waals surface area contributed by atoms with E-state index in [0.29, 0.717) is 29.0 Å². The Balaban J connectivity index is 1.75. The van der Waals surface area contributed by atoms with Crippen LogP contribution in [0.2, 0.25) is 0 Å². The first-order valence-corrected chi connectivity index (χ1v) is 7.46. The molecule has 1 aromatic carbocycles. The van der Waals surface area contributed by atoms with Gasteiger partial charge in [0.15, 0.2) is 5.58 Å². The maximum atomic E-state index is 12.2. The molecule has 0 aliphatic heterocycles. The van der Waals surface area contributed by atoms with E-state index in [1.54, 1.807) is 29.1 Å². The van der Waals surface area contributed by atoms with Crippen molar-refractivity contribution in [2.24, 2.45) is 7.05 Å². The Bertz CT molecular complexity index is 778. The van der Waals surface area contributed by atoms with Gasteiger partial charge in [0.2, 0.25) is 0 Å². The first-order chi connectivity index (χ1) is 9.61. The minimum atomic E-state index is -1.27. The molecule has 7 heteroatoms. The molecule has 0 saturated carbocycles. The minimum absolute atomic E-state index is 0.245. The molecule has 1 unspecified atom stereocenters. The SMILES string of the molecule is Cn1cc(CCS(=O)c2nc3cc(N)ccc3o2)cn1. The van der Waals surface area contributed by atoms with Crippen molar-refractivity contribution < 1.29 is 8.63 Å². The predicted octanol–water partition coefficient (Wildman–Crippen LogP) is 1.49. The van der Waals surface area contributed by atoms with Gasteiger partial charge in [0.1, 0.15) is 16.3 Å². The number of hydrogen-bond donors (Lipinski definition) is 1. The normalized spacial score (nSPS) is 12.8. The molecule has 3 aromatic rings. The lowest BCUT2D eigenvalue weighted by molar-refractivity contribution is 0.477. The Morgan fingerprint density at radius 2 is 2.30 bits per heavy atom. The molecule has 0 fully saturated rings. The summed E-state index contributed by atoms with van der Waals surface area (Å²) in [7, 11) is 0.583. The van der Waals surface area contributed by atoms with Gasteiger partial charge in [-0.1, -0.05) is 0 Å². The predicted molar refractivity (Wildman–Crippen MR) is 76.6 cm³/mol. The van der Waals surface area contributed by atoms with Crippen molar-refractivity contribution in [2.75, 3.05) is 11.5 Å². The van der Waals surface area contributed by atoms with Crippen LogP contribution in [-0.4, -0.2) is 24.7 Å². The van der Waals surface area contributed by atoms with Gasteiger partial charge < -0.3 is 10.2 Å². The summed E-state index contributed by atoms with van der Waals surface area (Å²) in [6.07, 6.45) is 4.34. The summed E-state index contributed by atoms with van der Waals surface area (Å²) >= 11 is 0. The Morgan fingerprint density at radius 1 is 1.45 bits per heavy atom. The van der Waals surface area contributed by atoms with Gasteiger partial charge in [-0.05, 0) is 30.2 Å². The van der Waals surface area contributed by atoms with E-state index in [9.17, 15) is 4.21 Å². The number of nitrogen functional groups attached to an aromatic ring is 1. The van der Waals surface area contributed by atoms with Gasteiger partial charge in [0, 0.05) is 24.7 Å². The average Bonchev–Trinajstić information content (AvgIpc) is 3.01. The fourth-order valence-electron chi connectivity index (χ4n) is 1.92. The summed E-state index contributed by atoms with van der Waals surface area (Å²) in [4.78, 5) is 4.22. The highest BCUT2D eigenvalue weighted by atomic mass is 32.2. The van der Waals surface area contributed by atoms with E-state index in [2.05, 4.69) is 10.1 Å². The average molecular weight is 290 g/mol. The summed E-state index contributed by atoms with van der Waals surface area (Å²) in [6, 6.07) is 5.18. The third kappa shape index (κ3) is 2.57. The number of oxazole rings is 1. The maximum Gasteiger partial charge on any atom is 0.287 e. The topological polar surface area (TPSA) is 86.9 Å². The minimum Gasteiger partial charge on any atom is -0.430 e. The van der Waals surface area contributed by atoms with Gasteiger partial charge in [-0.25, -0.2) is 9.19 Å². The highest BCUT2D eigenvalue weighted by Crippen LogP contribution is 2.20. The molecule has 6 nitrogen and oxygen atoms in total. The van der Waals surface area contributed by atoms with Crippen LogP contribution >= 0.6 is 0 Å². The fourth-order valence-corrected chi connectivity index (χ4v) is 2.90. The lowest BCUT2D eigenvalue weighted by atomic mass is 10.3. The first kappa shape index (κ1) is 12.9. The molecule has 0 radical (unpaired) electrons. The Morgan fingerprint density at radius 3 is 3.05 bits per heavy atom. The molecular weight excluding hydrogens is 276 g/mol. The zero-order valence-corrected chi connectivity index (χ0v) is 11.8. The molecule has 1 atom stereocenters. The smallest absolute Gasteiger partial charge is 0.287 e. The number of hydrogen-bond acceptors (Lipinski definition) is 5. The van der Waals surface area contributed by atoms with Crippen molar-refractivity contribution in [1.29, 1.82) is 0 Å². The molecule has 104 valence electrons. The maximum absolute atomic E-state index is 12.2. The van der Waals surface area contributed by atoms with Crippen LogP contribution in [0.25, 0.3) is 11.1 Å². The van der Waals surface area contributed by atoms with Crippen molar-refractivity contribution >= 4 is 27.6 Å². The van der Waals surface area contributed by atoms with Crippen molar-refractivity contribution in [3.05, 3.63) is 36.2 Å². The largest absolute Gasteiger partial charge is 0.430 e. The van der Waals surface area contributed by atoms with E-state index in [0.717, 1.165) is 5.56 Å². The molecule has 0 aliphatic rings. The number of rotatable bonds is 4. The second kappa shape index (κ2) is 5.09. The lowest BCUT2D eigenvalue weighted by Crippen LogP contribution is -2.01. The van der Waals surface area contributed by atoms with Gasteiger partial charge in [0.05, 0.1) is 6.20 Å². The van der Waals surface area contributed by atoms with Crippen molar-refractivity contribution in [2.45, 2.75) is 11.6 Å². The zero-order chi connectivity index (χ0) is 14.1. The highest BCUT2D eigenvalue weighted by molar-refractivity contribution is 7.84. The molecule has 0 bridgehead atoms. The molecule has 0 aliphatic carbocycles. The molecule has 0 spiro atoms. The number of nitrogens with zero attached hydrogens (tertiary/aromatic N) is 3. The van der Waals surface area contributed by atoms with Gasteiger partial charge in [-0.3, -0.25) is 4.68 Å². The summed E-state index contributed by atoms with van der Waals surface area (Å²) in [6.45, 7) is 0. The number of nitrogens with two attached hydrogens (primary N) is 1. The van der Waals surface area contributed by atoms with Crippen molar-refractivity contribution in [3.63, 3.8) is 0 Å². The van der Waals surface area contributed by atoms with Crippen LogP contribution in [0.4, 0.5) is 5.69 Å². The molecule has 3 rings (SSSR count). The van der Waals surface area contributed by atoms with Gasteiger partial charge >= 0.3 is 0 Å². The molecule has 20 heavy (non-hydrogen) atoms. The van der Waals surface area contributed by atoms with E-state index >= 15 is 0 Å². The number of aryl methyl sites for hydroxylation is 2. The summed E-state index contributed by atoms with van der Waals surface area (Å²) in [5.41, 5.74) is 8.57. The molecule has 0 amide bonds. The van der Waals surface area contributed by atoms with Crippen LogP contribution in [0.1, 0.15) is 5.56 Å². The number of aromatic nitrogens is 3. The van der Waals surface area contributed by atoms with Gasteiger partial charge in [-0.2, -0.15) is 5.10 Å². The van der Waals surface area contributed by atoms with Gasteiger partial charge in [0.25, 0.3) is 5.22 Å². The fraction of sp³-hybridized carbons (Fsp3) is 0.231. The van der Waals surface area contributed by atoms with E-state index in [4.69, 9.17) is 10.2 Å². The highest BCUT2D eigenvalue weighted by Gasteiger charge is 2.13. The zero-order valence-electron chi connectivity index (χ0n) is 10.9. The summed E-state index contributed by atoms with van der Waals surface area (Å²) in [5.74, 6) is 0.452. The number of fused-ring (bicyclic) bond motifs is 1. The van der Waals surface area contributed by atoms with E-state index in [1.165, 1.54) is 0 Å². The lowest BCUT2D eigenvalue weighted by Gasteiger charge is -1.95. The van der Waals surface area contributed by atoms with E-state index in [-0.39, 0.29) is 5.22 Å². The third-order valence-corrected chi connectivity index (χ3v) is 4.06. The van der Waals surface area contributed by atoms with E-state index in [1.807, 2.05) is 13.2 Å². The molecular formula is C13H14N4O2S. The van der Waals surface area contributed by atoms with Crippen LogP contribution in [0, 0.1) is 0 Å². The Hall–Kier alpha value is -2.15. The second-order valence-electron chi connectivity index (χ2n) is 4.53. The van der Waals surface area contributed by atoms with Crippen LogP contribution in [0.3, 0.4) is 0 Å². The molecule has 0 saturated heterocycles. The first-order valence-electron chi connectivity index (χ1n) is 6.14. The molecule has 2 N–H and O–H groups in total. The quantitative estimate of drug-likeness (QED) is 0.736. The van der Waals surface area contributed by atoms with Crippen LogP contribution < -0.4 is 5.73 Å². The summed E-state index contributed by atoms with van der Waals surface area (Å²) < 4.78 is 19.4. The number of benzene rings is 1. The van der Waals surface area contributed by atoms with Crippen LogP contribution in [0.15, 0.2) is 40.2 Å². The Labute approximate surface area is 118 Å². The standard InChI is InChI=1S/C13H14N4O2S/c1-17-8-9(7-15-17)4-5-20(18)13-16-11-6-10(14)2-3-12(11)19-13/h2-3,6-8H,4-5,14H2,1H3. The summed E-state index contributed by atoms with van der Waals surface area (Å²) in [5, 5.41) is 4.32. The Kier molecular flexibility index (Phi) is 3.27. The van der Waals surface area contributed by atoms with Crippen LogP contribution in [0.5, 0.6) is 0 Å². The van der Waals surface area contributed by atoms with E-state index < -0.39 is 10.8 Å². The number of anilines is 1. The molecule has 2 aromatic heterocycles.